The predicted octanol–water partition coefficient (Wildman–Crippen LogP) is 1.75. The SMILES string of the molecule is O=C1CCC(=O)c2cc3c(cc21)C3. The van der Waals surface area contributed by atoms with Gasteiger partial charge in [-0.2, -0.15) is 0 Å². The molecule has 1 aromatic rings. The van der Waals surface area contributed by atoms with Gasteiger partial charge in [0.05, 0.1) is 0 Å². The second-order valence-corrected chi connectivity index (χ2v) is 3.69. The molecule has 0 N–H and O–H groups in total. The summed E-state index contributed by atoms with van der Waals surface area (Å²) < 4.78 is 0. The van der Waals surface area contributed by atoms with Gasteiger partial charge >= 0.3 is 0 Å². The maximum absolute atomic E-state index is 11.5. The molecular weight excluding hydrogens is 164 g/mol. The third kappa shape index (κ3) is 0.886. The molecule has 64 valence electrons. The Labute approximate surface area is 75.6 Å². The van der Waals surface area contributed by atoms with Crippen LogP contribution in [0.3, 0.4) is 0 Å². The van der Waals surface area contributed by atoms with Gasteiger partial charge in [-0.15, -0.1) is 0 Å². The Kier molecular flexibility index (Phi) is 1.12. The zero-order chi connectivity index (χ0) is 9.00. The number of benzene rings is 1. The van der Waals surface area contributed by atoms with Crippen LogP contribution in [0.1, 0.15) is 44.7 Å². The number of rotatable bonds is 0. The van der Waals surface area contributed by atoms with Crippen molar-refractivity contribution in [1.29, 1.82) is 0 Å². The van der Waals surface area contributed by atoms with Crippen LogP contribution in [-0.2, 0) is 6.42 Å². The normalized spacial score (nSPS) is 18.2. The molecule has 2 aliphatic carbocycles. The molecule has 0 radical (unpaired) electrons. The molecule has 0 aliphatic heterocycles. The number of fused-ring (bicyclic) bond motifs is 2. The minimum Gasteiger partial charge on any atom is -0.294 e. The minimum atomic E-state index is 0.129. The number of ketones is 2. The summed E-state index contributed by atoms with van der Waals surface area (Å²) in [7, 11) is 0. The molecule has 0 aromatic heterocycles. The van der Waals surface area contributed by atoms with Gasteiger partial charge in [0.25, 0.3) is 0 Å². The average Bonchev–Trinajstić information content (AvgIpc) is 2.87. The highest BCUT2D eigenvalue weighted by Gasteiger charge is 2.28. The Hall–Kier alpha value is -1.44. The summed E-state index contributed by atoms with van der Waals surface area (Å²) in [5.74, 6) is 0.258. The van der Waals surface area contributed by atoms with Gasteiger partial charge in [-0.3, -0.25) is 9.59 Å². The Morgan fingerprint density at radius 2 is 1.31 bits per heavy atom. The molecule has 0 saturated heterocycles. The number of hydrogen-bond donors (Lipinski definition) is 0. The first kappa shape index (κ1) is 7.01. The van der Waals surface area contributed by atoms with Crippen molar-refractivity contribution < 1.29 is 9.59 Å². The van der Waals surface area contributed by atoms with Crippen molar-refractivity contribution in [3.05, 3.63) is 34.4 Å². The van der Waals surface area contributed by atoms with Crippen molar-refractivity contribution in [2.24, 2.45) is 0 Å². The summed E-state index contributed by atoms with van der Waals surface area (Å²) in [6.45, 7) is 0. The van der Waals surface area contributed by atoms with E-state index in [1.165, 1.54) is 11.1 Å². The van der Waals surface area contributed by atoms with Crippen molar-refractivity contribution in [1.82, 2.24) is 0 Å². The van der Waals surface area contributed by atoms with Crippen LogP contribution in [0.15, 0.2) is 12.1 Å². The van der Waals surface area contributed by atoms with Gasteiger partial charge in [0.2, 0.25) is 0 Å². The Balaban J connectivity index is 2.28. The molecule has 2 nitrogen and oxygen atoms in total. The summed E-state index contributed by atoms with van der Waals surface area (Å²) in [6, 6.07) is 3.79. The van der Waals surface area contributed by atoms with Crippen LogP contribution in [0.2, 0.25) is 0 Å². The summed E-state index contributed by atoms with van der Waals surface area (Å²) in [6.07, 6.45) is 1.75. The van der Waals surface area contributed by atoms with Gasteiger partial charge in [-0.05, 0) is 29.7 Å². The fraction of sp³-hybridized carbons (Fsp3) is 0.273. The molecule has 3 rings (SSSR count). The number of Topliss-reactive ketones (excluding diaryl/α,β-unsaturated/α-hetero) is 2. The maximum atomic E-state index is 11.5. The van der Waals surface area contributed by atoms with E-state index >= 15 is 0 Å². The van der Waals surface area contributed by atoms with Crippen molar-refractivity contribution in [2.45, 2.75) is 19.3 Å². The summed E-state index contributed by atoms with van der Waals surface area (Å²) in [5.41, 5.74) is 3.80. The highest BCUT2D eigenvalue weighted by molar-refractivity contribution is 6.14. The molecule has 0 spiro atoms. The molecule has 0 unspecified atom stereocenters. The van der Waals surface area contributed by atoms with E-state index in [2.05, 4.69) is 0 Å². The molecule has 13 heavy (non-hydrogen) atoms. The lowest BCUT2D eigenvalue weighted by Crippen LogP contribution is -2.16. The number of carbonyl (C=O) groups is 2. The molecule has 0 atom stereocenters. The first-order chi connectivity index (χ1) is 6.25. The van der Waals surface area contributed by atoms with Crippen LogP contribution >= 0.6 is 0 Å². The molecule has 0 saturated carbocycles. The zero-order valence-corrected chi connectivity index (χ0v) is 7.09. The van der Waals surface area contributed by atoms with Gasteiger partial charge < -0.3 is 0 Å². The fourth-order valence-corrected chi connectivity index (χ4v) is 1.91. The first-order valence-corrected chi connectivity index (χ1v) is 4.48. The predicted molar refractivity (Wildman–Crippen MR) is 47.1 cm³/mol. The minimum absolute atomic E-state index is 0.129. The fourth-order valence-electron chi connectivity index (χ4n) is 1.91. The van der Waals surface area contributed by atoms with E-state index in [1.54, 1.807) is 0 Å². The van der Waals surface area contributed by atoms with Crippen molar-refractivity contribution in [3.8, 4) is 0 Å². The van der Waals surface area contributed by atoms with E-state index in [1.807, 2.05) is 12.1 Å². The van der Waals surface area contributed by atoms with Gasteiger partial charge in [-0.25, -0.2) is 0 Å². The quantitative estimate of drug-likeness (QED) is 0.606. The van der Waals surface area contributed by atoms with E-state index in [9.17, 15) is 9.59 Å². The Bertz CT molecular complexity index is 403. The number of hydrogen-bond acceptors (Lipinski definition) is 2. The molecule has 0 amide bonds. The lowest BCUT2D eigenvalue weighted by molar-refractivity contribution is 0.0890. The van der Waals surface area contributed by atoms with Crippen molar-refractivity contribution in [3.63, 3.8) is 0 Å². The monoisotopic (exact) mass is 172 g/mol. The summed E-state index contributed by atoms with van der Waals surface area (Å²) in [4.78, 5) is 22.9. The Morgan fingerprint density at radius 1 is 0.846 bits per heavy atom. The van der Waals surface area contributed by atoms with E-state index < -0.39 is 0 Å². The highest BCUT2D eigenvalue weighted by atomic mass is 16.1. The lowest BCUT2D eigenvalue weighted by atomic mass is 9.90. The van der Waals surface area contributed by atoms with Crippen molar-refractivity contribution >= 4 is 11.6 Å². The molecule has 0 fully saturated rings. The van der Waals surface area contributed by atoms with Gasteiger partial charge in [0.1, 0.15) is 0 Å². The molecule has 0 bridgehead atoms. The molecule has 2 heteroatoms. The standard InChI is InChI=1S/C11H8O2/c12-10-1-2-11(13)9-5-7-3-6(7)4-8(9)10/h4-5H,1-3H2. The maximum Gasteiger partial charge on any atom is 0.164 e. The first-order valence-electron chi connectivity index (χ1n) is 4.48. The van der Waals surface area contributed by atoms with E-state index in [0.29, 0.717) is 24.0 Å². The molecule has 2 aliphatic rings. The largest absolute Gasteiger partial charge is 0.294 e. The summed E-state index contributed by atoms with van der Waals surface area (Å²) >= 11 is 0. The van der Waals surface area contributed by atoms with Crippen LogP contribution in [-0.4, -0.2) is 11.6 Å². The lowest BCUT2D eigenvalue weighted by Gasteiger charge is -2.11. The van der Waals surface area contributed by atoms with E-state index in [0.717, 1.165) is 6.42 Å². The topological polar surface area (TPSA) is 34.1 Å². The van der Waals surface area contributed by atoms with E-state index in [4.69, 9.17) is 0 Å². The second-order valence-electron chi connectivity index (χ2n) is 3.69. The average molecular weight is 172 g/mol. The number of carbonyl (C=O) groups excluding carboxylic acids is 2. The third-order valence-corrected chi connectivity index (χ3v) is 2.78. The molecular formula is C11H8O2. The van der Waals surface area contributed by atoms with Crippen LogP contribution in [0.25, 0.3) is 0 Å². The Morgan fingerprint density at radius 3 is 1.77 bits per heavy atom. The highest BCUT2D eigenvalue weighted by Crippen LogP contribution is 2.33. The van der Waals surface area contributed by atoms with Crippen molar-refractivity contribution in [2.75, 3.05) is 0 Å². The summed E-state index contributed by atoms with van der Waals surface area (Å²) in [5, 5.41) is 0. The molecule has 0 heterocycles. The van der Waals surface area contributed by atoms with E-state index in [-0.39, 0.29) is 11.6 Å². The zero-order valence-electron chi connectivity index (χ0n) is 7.09. The smallest absolute Gasteiger partial charge is 0.164 e. The van der Waals surface area contributed by atoms with Gasteiger partial charge in [-0.1, -0.05) is 0 Å². The van der Waals surface area contributed by atoms with Crippen LogP contribution in [0, 0.1) is 0 Å². The van der Waals surface area contributed by atoms with Gasteiger partial charge in [0.15, 0.2) is 11.6 Å². The van der Waals surface area contributed by atoms with Crippen LogP contribution < -0.4 is 0 Å². The molecule has 1 aromatic carbocycles. The third-order valence-electron chi connectivity index (χ3n) is 2.78. The van der Waals surface area contributed by atoms with Gasteiger partial charge in [0, 0.05) is 24.0 Å². The van der Waals surface area contributed by atoms with Crippen LogP contribution in [0.5, 0.6) is 0 Å². The van der Waals surface area contributed by atoms with Crippen LogP contribution in [0.4, 0.5) is 0 Å². The second kappa shape index (κ2) is 2.08.